The lowest BCUT2D eigenvalue weighted by atomic mass is 9.98. The van der Waals surface area contributed by atoms with E-state index < -0.39 is 0 Å². The van der Waals surface area contributed by atoms with Crippen LogP contribution in [0.25, 0.3) is 11.4 Å². The van der Waals surface area contributed by atoms with Crippen molar-refractivity contribution in [3.05, 3.63) is 63.7 Å². The zero-order valence-corrected chi connectivity index (χ0v) is 14.9. The standard InChI is InChI=1S/C20H23N3O2/c1-13(2)23-10-9-18-17(11-16(12-23)14(3)24)20(25)22-19(21-18)15-7-5-4-6-8-15/h4-8,12-13H,9-11H2,1-3H3,(H,21,22,25)/b16-12+. The summed E-state index contributed by atoms with van der Waals surface area (Å²) in [6.45, 7) is 6.46. The van der Waals surface area contributed by atoms with Crippen molar-refractivity contribution in [3.63, 3.8) is 0 Å². The average molecular weight is 337 g/mol. The van der Waals surface area contributed by atoms with Gasteiger partial charge in [0, 0.05) is 48.3 Å². The molecule has 0 radical (unpaired) electrons. The zero-order chi connectivity index (χ0) is 18.0. The summed E-state index contributed by atoms with van der Waals surface area (Å²) in [6.07, 6.45) is 2.91. The average Bonchev–Trinajstić information content (AvgIpc) is 2.56. The van der Waals surface area contributed by atoms with Crippen molar-refractivity contribution in [1.82, 2.24) is 14.9 Å². The maximum Gasteiger partial charge on any atom is 0.254 e. The highest BCUT2D eigenvalue weighted by molar-refractivity contribution is 5.93. The number of nitrogens with one attached hydrogen (secondary N) is 1. The topological polar surface area (TPSA) is 66.1 Å². The molecular formula is C20H23N3O2. The molecule has 130 valence electrons. The maximum absolute atomic E-state index is 12.7. The van der Waals surface area contributed by atoms with Gasteiger partial charge in [-0.05, 0) is 20.8 Å². The van der Waals surface area contributed by atoms with Crippen LogP contribution in [0.15, 0.2) is 46.9 Å². The molecule has 0 saturated carbocycles. The first-order valence-corrected chi connectivity index (χ1v) is 8.60. The molecule has 5 nitrogen and oxygen atoms in total. The van der Waals surface area contributed by atoms with Crippen molar-refractivity contribution in [2.24, 2.45) is 0 Å². The number of H-pyrrole nitrogens is 1. The smallest absolute Gasteiger partial charge is 0.254 e. The number of fused-ring (bicyclic) bond motifs is 1. The normalized spacial score (nSPS) is 16.6. The summed E-state index contributed by atoms with van der Waals surface area (Å²) in [5.41, 5.74) is 2.75. The fourth-order valence-electron chi connectivity index (χ4n) is 3.02. The van der Waals surface area contributed by atoms with Crippen molar-refractivity contribution in [3.8, 4) is 11.4 Å². The second-order valence-electron chi connectivity index (χ2n) is 6.67. The van der Waals surface area contributed by atoms with Gasteiger partial charge in [-0.15, -0.1) is 0 Å². The van der Waals surface area contributed by atoms with Crippen molar-refractivity contribution in [2.75, 3.05) is 6.54 Å². The number of aromatic nitrogens is 2. The Hall–Kier alpha value is -2.69. The van der Waals surface area contributed by atoms with Crippen molar-refractivity contribution in [1.29, 1.82) is 0 Å². The molecular weight excluding hydrogens is 314 g/mol. The molecule has 0 spiro atoms. The molecule has 0 unspecified atom stereocenters. The lowest BCUT2D eigenvalue weighted by Gasteiger charge is -2.28. The van der Waals surface area contributed by atoms with Crippen LogP contribution in [0, 0.1) is 0 Å². The van der Waals surface area contributed by atoms with Gasteiger partial charge in [-0.1, -0.05) is 30.3 Å². The minimum absolute atomic E-state index is 0.00923. The van der Waals surface area contributed by atoms with E-state index in [2.05, 4.69) is 23.7 Å². The predicted molar refractivity (Wildman–Crippen MR) is 98.3 cm³/mol. The van der Waals surface area contributed by atoms with Crippen LogP contribution in [0.4, 0.5) is 0 Å². The molecule has 1 aromatic heterocycles. The van der Waals surface area contributed by atoms with Crippen molar-refractivity contribution >= 4 is 5.78 Å². The Balaban J connectivity index is 2.08. The second kappa shape index (κ2) is 7.05. The third kappa shape index (κ3) is 3.71. The Morgan fingerprint density at radius 3 is 2.60 bits per heavy atom. The van der Waals surface area contributed by atoms with E-state index in [1.54, 1.807) is 6.92 Å². The number of Topliss-reactive ketones (excluding diaryl/α,β-unsaturated/α-hetero) is 1. The lowest BCUT2D eigenvalue weighted by Crippen LogP contribution is -2.32. The molecule has 3 rings (SSSR count). The summed E-state index contributed by atoms with van der Waals surface area (Å²) in [4.78, 5) is 34.4. The van der Waals surface area contributed by atoms with E-state index in [0.717, 1.165) is 17.8 Å². The summed E-state index contributed by atoms with van der Waals surface area (Å²) in [5.74, 6) is 0.569. The molecule has 25 heavy (non-hydrogen) atoms. The number of hydrogen-bond donors (Lipinski definition) is 1. The van der Waals surface area contributed by atoms with E-state index in [4.69, 9.17) is 4.98 Å². The van der Waals surface area contributed by atoms with E-state index >= 15 is 0 Å². The first kappa shape index (κ1) is 17.1. The SMILES string of the molecule is CC(=O)/C1=C/N(C(C)C)CCc2nc(-c3ccccc3)[nH]c(=O)c2C1. The van der Waals surface area contributed by atoms with E-state index in [1.165, 1.54) is 0 Å². The number of carbonyl (C=O) groups excluding carboxylic acids is 1. The third-order valence-corrected chi connectivity index (χ3v) is 4.56. The molecule has 1 aromatic carbocycles. The Morgan fingerprint density at radius 1 is 1.24 bits per heavy atom. The lowest BCUT2D eigenvalue weighted by molar-refractivity contribution is -0.113. The van der Waals surface area contributed by atoms with Crippen LogP contribution in [0.1, 0.15) is 32.0 Å². The van der Waals surface area contributed by atoms with Crippen LogP contribution in [0.3, 0.4) is 0 Å². The van der Waals surface area contributed by atoms with Crippen LogP contribution in [0.2, 0.25) is 0 Å². The van der Waals surface area contributed by atoms with Gasteiger partial charge in [-0.25, -0.2) is 4.98 Å². The maximum atomic E-state index is 12.7. The van der Waals surface area contributed by atoms with Crippen molar-refractivity contribution < 1.29 is 4.79 Å². The number of benzene rings is 1. The minimum Gasteiger partial charge on any atom is -0.374 e. The highest BCUT2D eigenvalue weighted by Gasteiger charge is 2.21. The largest absolute Gasteiger partial charge is 0.374 e. The van der Waals surface area contributed by atoms with E-state index in [0.29, 0.717) is 29.8 Å². The van der Waals surface area contributed by atoms with Gasteiger partial charge >= 0.3 is 0 Å². The summed E-state index contributed by atoms with van der Waals surface area (Å²) in [7, 11) is 0. The Labute approximate surface area is 147 Å². The Morgan fingerprint density at radius 2 is 1.96 bits per heavy atom. The number of rotatable bonds is 3. The number of carbonyl (C=O) groups is 1. The van der Waals surface area contributed by atoms with Crippen LogP contribution >= 0.6 is 0 Å². The van der Waals surface area contributed by atoms with Crippen molar-refractivity contribution in [2.45, 2.75) is 39.7 Å². The van der Waals surface area contributed by atoms with Crippen LogP contribution in [-0.2, 0) is 17.6 Å². The molecule has 0 bridgehead atoms. The monoisotopic (exact) mass is 337 g/mol. The third-order valence-electron chi connectivity index (χ3n) is 4.56. The highest BCUT2D eigenvalue weighted by Crippen LogP contribution is 2.19. The molecule has 0 fully saturated rings. The molecule has 1 N–H and O–H groups in total. The fourth-order valence-corrected chi connectivity index (χ4v) is 3.02. The molecule has 2 heterocycles. The van der Waals surface area contributed by atoms with Crippen LogP contribution in [-0.4, -0.2) is 33.2 Å². The quantitative estimate of drug-likeness (QED) is 0.935. The second-order valence-corrected chi connectivity index (χ2v) is 6.67. The molecule has 2 aromatic rings. The number of hydrogen-bond acceptors (Lipinski definition) is 4. The fraction of sp³-hybridized carbons (Fsp3) is 0.350. The molecule has 0 amide bonds. The molecule has 0 saturated heterocycles. The minimum atomic E-state index is -0.158. The Bertz CT molecular complexity index is 866. The molecule has 5 heteroatoms. The predicted octanol–water partition coefficient (Wildman–Crippen LogP) is 2.72. The van der Waals surface area contributed by atoms with Crippen LogP contribution < -0.4 is 5.56 Å². The van der Waals surface area contributed by atoms with Gasteiger partial charge in [0.2, 0.25) is 0 Å². The van der Waals surface area contributed by atoms with E-state index in [9.17, 15) is 9.59 Å². The first-order chi connectivity index (χ1) is 12.0. The van der Waals surface area contributed by atoms with Gasteiger partial charge in [0.25, 0.3) is 5.56 Å². The van der Waals surface area contributed by atoms with Gasteiger partial charge in [0.1, 0.15) is 5.82 Å². The zero-order valence-electron chi connectivity index (χ0n) is 14.9. The summed E-state index contributed by atoms with van der Waals surface area (Å²) in [5, 5.41) is 0. The number of nitrogens with zero attached hydrogens (tertiary/aromatic N) is 2. The summed E-state index contributed by atoms with van der Waals surface area (Å²) >= 11 is 0. The van der Waals surface area contributed by atoms with E-state index in [-0.39, 0.29) is 17.4 Å². The summed E-state index contributed by atoms with van der Waals surface area (Å²) < 4.78 is 0. The van der Waals surface area contributed by atoms with Gasteiger partial charge < -0.3 is 9.88 Å². The van der Waals surface area contributed by atoms with E-state index in [1.807, 2.05) is 36.5 Å². The molecule has 1 aliphatic heterocycles. The van der Waals surface area contributed by atoms with Gasteiger partial charge in [0.05, 0.1) is 5.69 Å². The summed E-state index contributed by atoms with van der Waals surface area (Å²) in [6, 6.07) is 9.90. The number of aromatic amines is 1. The van der Waals surface area contributed by atoms with Crippen LogP contribution in [0.5, 0.6) is 0 Å². The number of ketones is 1. The molecule has 0 aliphatic carbocycles. The van der Waals surface area contributed by atoms with Gasteiger partial charge in [0.15, 0.2) is 5.78 Å². The number of allylic oxidation sites excluding steroid dienone is 1. The highest BCUT2D eigenvalue weighted by atomic mass is 16.1. The van der Waals surface area contributed by atoms with Gasteiger partial charge in [-0.3, -0.25) is 9.59 Å². The molecule has 0 atom stereocenters. The first-order valence-electron chi connectivity index (χ1n) is 8.60. The molecule has 1 aliphatic rings. The Kier molecular flexibility index (Phi) is 4.83. The van der Waals surface area contributed by atoms with Gasteiger partial charge in [-0.2, -0.15) is 0 Å².